The Labute approximate surface area is 180 Å². The zero-order valence-electron chi connectivity index (χ0n) is 18.9. The first-order chi connectivity index (χ1) is 13.7. The largest absolute Gasteiger partial charge is 0.455 e. The van der Waals surface area contributed by atoms with Crippen LogP contribution < -0.4 is 0 Å². The molecule has 0 bridgehead atoms. The van der Waals surface area contributed by atoms with Crippen LogP contribution in [0.4, 0.5) is 0 Å². The van der Waals surface area contributed by atoms with Gasteiger partial charge in [-0.2, -0.15) is 5.26 Å². The lowest BCUT2D eigenvalue weighted by molar-refractivity contribution is 0.529. The number of hydrogen-bond donors (Lipinski definition) is 0. The first-order valence-electron chi connectivity index (χ1n) is 11.0. The monoisotopic (exact) mass is 423 g/mol. The van der Waals surface area contributed by atoms with Crippen molar-refractivity contribution < 1.29 is 4.12 Å². The predicted molar refractivity (Wildman–Crippen MR) is 130 cm³/mol. The third-order valence-corrected chi connectivity index (χ3v) is 12.9. The number of nitriles is 1. The molecule has 2 rings (SSSR count). The SMILES string of the molecule is CCCCCC[Si](C)(C)O[Si](C)(C)CCc1ccc(-c2ccc(C#N)cc2)cc1. The third kappa shape index (κ3) is 8.30. The zero-order chi connectivity index (χ0) is 21.3. The number of nitrogens with zero attached hydrogens (tertiary/aromatic N) is 1. The maximum Gasteiger partial charge on any atom is 0.173 e. The van der Waals surface area contributed by atoms with Crippen LogP contribution in [0.25, 0.3) is 11.1 Å². The van der Waals surface area contributed by atoms with Crippen molar-refractivity contribution in [3.8, 4) is 17.2 Å². The molecule has 0 aliphatic heterocycles. The lowest BCUT2D eigenvalue weighted by atomic mass is 10.0. The van der Waals surface area contributed by atoms with Gasteiger partial charge in [-0.3, -0.25) is 0 Å². The summed E-state index contributed by atoms with van der Waals surface area (Å²) in [5.41, 5.74) is 4.44. The minimum atomic E-state index is -1.65. The Morgan fingerprint density at radius 2 is 1.31 bits per heavy atom. The van der Waals surface area contributed by atoms with E-state index in [0.717, 1.165) is 12.0 Å². The summed E-state index contributed by atoms with van der Waals surface area (Å²) in [5, 5.41) is 8.94. The van der Waals surface area contributed by atoms with Crippen LogP contribution in [-0.2, 0) is 10.5 Å². The maximum atomic E-state index is 8.94. The van der Waals surface area contributed by atoms with Crippen molar-refractivity contribution in [3.63, 3.8) is 0 Å². The van der Waals surface area contributed by atoms with Crippen molar-refractivity contribution in [1.82, 2.24) is 0 Å². The molecule has 0 saturated heterocycles. The van der Waals surface area contributed by atoms with E-state index in [-0.39, 0.29) is 0 Å². The topological polar surface area (TPSA) is 33.0 Å². The van der Waals surface area contributed by atoms with Crippen LogP contribution in [0.5, 0.6) is 0 Å². The van der Waals surface area contributed by atoms with Gasteiger partial charge in [-0.15, -0.1) is 0 Å². The smallest absolute Gasteiger partial charge is 0.173 e. The molecule has 0 atom stereocenters. The van der Waals surface area contributed by atoms with Crippen LogP contribution in [0.15, 0.2) is 48.5 Å². The predicted octanol–water partition coefficient (Wildman–Crippen LogP) is 7.77. The summed E-state index contributed by atoms with van der Waals surface area (Å²) in [6, 6.07) is 21.3. The molecule has 0 N–H and O–H groups in total. The molecule has 0 fully saturated rings. The van der Waals surface area contributed by atoms with Gasteiger partial charge in [0.15, 0.2) is 16.6 Å². The van der Waals surface area contributed by atoms with Crippen molar-refractivity contribution in [2.45, 2.75) is 77.3 Å². The Morgan fingerprint density at radius 1 is 0.759 bits per heavy atom. The van der Waals surface area contributed by atoms with E-state index in [9.17, 15) is 0 Å². The van der Waals surface area contributed by atoms with Crippen LogP contribution >= 0.6 is 0 Å². The van der Waals surface area contributed by atoms with Gasteiger partial charge < -0.3 is 4.12 Å². The van der Waals surface area contributed by atoms with Gasteiger partial charge in [-0.25, -0.2) is 0 Å². The summed E-state index contributed by atoms with van der Waals surface area (Å²) in [6.07, 6.45) is 6.42. The van der Waals surface area contributed by atoms with Crippen molar-refractivity contribution in [2.24, 2.45) is 0 Å². The second kappa shape index (κ2) is 10.9. The van der Waals surface area contributed by atoms with E-state index in [4.69, 9.17) is 9.38 Å². The Morgan fingerprint density at radius 3 is 1.86 bits per heavy atom. The molecular formula is C25H37NOSi2. The lowest BCUT2D eigenvalue weighted by Crippen LogP contribution is -2.44. The molecule has 0 heterocycles. The lowest BCUT2D eigenvalue weighted by Gasteiger charge is -2.34. The normalized spacial score (nSPS) is 12.0. The second-order valence-electron chi connectivity index (χ2n) is 9.32. The minimum absolute atomic E-state index is 0.703. The molecule has 0 unspecified atom stereocenters. The number of benzene rings is 2. The Bertz CT molecular complexity index is 789. The maximum absolute atomic E-state index is 8.94. The van der Waals surface area contributed by atoms with Gasteiger partial charge in [0.05, 0.1) is 11.6 Å². The van der Waals surface area contributed by atoms with E-state index in [1.807, 2.05) is 24.3 Å². The molecule has 0 aliphatic rings. The molecular weight excluding hydrogens is 386 g/mol. The van der Waals surface area contributed by atoms with E-state index in [2.05, 4.69) is 63.4 Å². The van der Waals surface area contributed by atoms with Crippen LogP contribution in [0.3, 0.4) is 0 Å². The molecule has 0 spiro atoms. The Balaban J connectivity index is 1.88. The summed E-state index contributed by atoms with van der Waals surface area (Å²) >= 11 is 0. The highest BCUT2D eigenvalue weighted by molar-refractivity contribution is 6.84. The number of aryl methyl sites for hydroxylation is 1. The Hall–Kier alpha value is -1.68. The fraction of sp³-hybridized carbons (Fsp3) is 0.480. The second-order valence-corrected chi connectivity index (χ2v) is 18.2. The minimum Gasteiger partial charge on any atom is -0.455 e. The van der Waals surface area contributed by atoms with Crippen molar-refractivity contribution in [3.05, 3.63) is 59.7 Å². The molecule has 29 heavy (non-hydrogen) atoms. The van der Waals surface area contributed by atoms with E-state index in [1.165, 1.54) is 48.9 Å². The van der Waals surface area contributed by atoms with Gasteiger partial charge in [0.25, 0.3) is 0 Å². The molecule has 0 saturated carbocycles. The molecule has 0 radical (unpaired) electrons. The van der Waals surface area contributed by atoms with Gasteiger partial charge in [-0.1, -0.05) is 69.0 Å². The van der Waals surface area contributed by atoms with Gasteiger partial charge in [-0.05, 0) is 73.5 Å². The van der Waals surface area contributed by atoms with Gasteiger partial charge >= 0.3 is 0 Å². The molecule has 4 heteroatoms. The van der Waals surface area contributed by atoms with Gasteiger partial charge in [0, 0.05) is 0 Å². The molecule has 0 aliphatic carbocycles. The van der Waals surface area contributed by atoms with E-state index in [1.54, 1.807) is 0 Å². The van der Waals surface area contributed by atoms with Crippen molar-refractivity contribution >= 4 is 16.6 Å². The zero-order valence-corrected chi connectivity index (χ0v) is 20.9. The average molecular weight is 424 g/mol. The average Bonchev–Trinajstić information content (AvgIpc) is 2.69. The van der Waals surface area contributed by atoms with Crippen LogP contribution in [-0.4, -0.2) is 16.6 Å². The van der Waals surface area contributed by atoms with E-state index in [0.29, 0.717) is 5.56 Å². The quantitative estimate of drug-likeness (QED) is 0.273. The molecule has 0 amide bonds. The van der Waals surface area contributed by atoms with E-state index >= 15 is 0 Å². The van der Waals surface area contributed by atoms with Crippen LogP contribution in [0, 0.1) is 11.3 Å². The highest BCUT2D eigenvalue weighted by Crippen LogP contribution is 2.26. The number of unbranched alkanes of at least 4 members (excludes halogenated alkanes) is 3. The molecule has 0 aromatic heterocycles. The third-order valence-electron chi connectivity index (χ3n) is 5.50. The summed E-state index contributed by atoms with van der Waals surface area (Å²) < 4.78 is 6.79. The molecule has 2 aromatic rings. The number of rotatable bonds is 11. The van der Waals surface area contributed by atoms with Crippen LogP contribution in [0.1, 0.15) is 43.7 Å². The van der Waals surface area contributed by atoms with Crippen LogP contribution in [0.2, 0.25) is 38.3 Å². The van der Waals surface area contributed by atoms with Crippen molar-refractivity contribution in [2.75, 3.05) is 0 Å². The molecule has 2 nitrogen and oxygen atoms in total. The van der Waals surface area contributed by atoms with Gasteiger partial charge in [0.1, 0.15) is 0 Å². The first-order valence-corrected chi connectivity index (χ1v) is 17.3. The summed E-state index contributed by atoms with van der Waals surface area (Å²) in [4.78, 5) is 0. The Kier molecular flexibility index (Phi) is 8.88. The highest BCUT2D eigenvalue weighted by atomic mass is 28.4. The fourth-order valence-corrected chi connectivity index (χ4v) is 12.7. The standard InChI is InChI=1S/C25H37NOSi2/c1-6-7-8-9-19-28(2,3)27-29(4,5)20-18-22-10-14-24(15-11-22)25-16-12-23(21-26)13-17-25/h10-17H,6-9,18-20H2,1-5H3. The van der Waals surface area contributed by atoms with Gasteiger partial charge in [0.2, 0.25) is 0 Å². The summed E-state index contributed by atoms with van der Waals surface area (Å²) in [5.74, 6) is 0. The molecule has 156 valence electrons. The first kappa shape index (κ1) is 23.6. The summed E-state index contributed by atoms with van der Waals surface area (Å²) in [7, 11) is -3.20. The number of hydrogen-bond acceptors (Lipinski definition) is 2. The fourth-order valence-electron chi connectivity index (χ4n) is 3.87. The summed E-state index contributed by atoms with van der Waals surface area (Å²) in [6.45, 7) is 11.9. The molecule has 2 aromatic carbocycles. The van der Waals surface area contributed by atoms with Crippen molar-refractivity contribution in [1.29, 1.82) is 5.26 Å². The highest BCUT2D eigenvalue weighted by Gasteiger charge is 2.32. The van der Waals surface area contributed by atoms with E-state index < -0.39 is 16.6 Å².